The number of benzene rings is 2. The average molecular weight is 680 g/mol. The molecule has 1 atom stereocenters. The summed E-state index contributed by atoms with van der Waals surface area (Å²) in [6, 6.07) is 12.9. The van der Waals surface area contributed by atoms with Crippen molar-refractivity contribution in [3.63, 3.8) is 0 Å². The van der Waals surface area contributed by atoms with Gasteiger partial charge in [0.25, 0.3) is 0 Å². The zero-order valence-electron chi connectivity index (χ0n) is 30.5. The standard InChI is InChI=1S/C41H65N3O5/c1-3-5-6-7-8-9-10-11-12-13-14-15-17-20-39(45)43-28-19-16-18-21-40(46)44-29-30-49-36-26-27-37(34(4-2)32-36)35-24-22-33(23-25-35)31-38(42)41(47)48/h22-27,32,38H,3-21,28-31,42H2,1-2H3,(H,43,45)(H,44,46)(H,47,48)/t38-/m0/s1. The van der Waals surface area contributed by atoms with Crippen molar-refractivity contribution in [2.75, 3.05) is 19.7 Å². The van der Waals surface area contributed by atoms with Gasteiger partial charge >= 0.3 is 5.97 Å². The molecule has 0 aromatic heterocycles. The minimum atomic E-state index is -1.00. The second kappa shape index (κ2) is 26.5. The molecular weight excluding hydrogens is 614 g/mol. The second-order valence-corrected chi connectivity index (χ2v) is 13.4. The number of carbonyl (C=O) groups is 3. The highest BCUT2D eigenvalue weighted by Crippen LogP contribution is 2.28. The van der Waals surface area contributed by atoms with Crippen LogP contribution in [0.1, 0.15) is 141 Å². The lowest BCUT2D eigenvalue weighted by atomic mass is 9.96. The first-order valence-electron chi connectivity index (χ1n) is 19.2. The summed E-state index contributed by atoms with van der Waals surface area (Å²) in [4.78, 5) is 35.4. The molecule has 0 radical (unpaired) electrons. The molecule has 2 aromatic rings. The van der Waals surface area contributed by atoms with Crippen LogP contribution in [0.4, 0.5) is 0 Å². The Hall–Kier alpha value is -3.39. The third kappa shape index (κ3) is 19.4. The van der Waals surface area contributed by atoms with Gasteiger partial charge in [-0.05, 0) is 66.5 Å². The lowest BCUT2D eigenvalue weighted by Gasteiger charge is -2.13. The maximum Gasteiger partial charge on any atom is 0.320 e. The van der Waals surface area contributed by atoms with Gasteiger partial charge in [0.05, 0.1) is 6.54 Å². The molecule has 5 N–H and O–H groups in total. The number of hydrogen-bond acceptors (Lipinski definition) is 5. The fraction of sp³-hybridized carbons (Fsp3) is 0.634. The van der Waals surface area contributed by atoms with Crippen LogP contribution in [0.15, 0.2) is 42.5 Å². The van der Waals surface area contributed by atoms with Crippen LogP contribution in [0.2, 0.25) is 0 Å². The van der Waals surface area contributed by atoms with Crippen molar-refractivity contribution in [1.29, 1.82) is 0 Å². The number of aliphatic carboxylic acids is 1. The van der Waals surface area contributed by atoms with Gasteiger partial charge < -0.3 is 26.2 Å². The number of hydrogen-bond donors (Lipinski definition) is 4. The highest BCUT2D eigenvalue weighted by atomic mass is 16.5. The molecule has 0 heterocycles. The average Bonchev–Trinajstić information content (AvgIpc) is 3.10. The predicted octanol–water partition coefficient (Wildman–Crippen LogP) is 8.52. The van der Waals surface area contributed by atoms with Gasteiger partial charge in [-0.1, -0.05) is 128 Å². The molecule has 8 nitrogen and oxygen atoms in total. The van der Waals surface area contributed by atoms with Gasteiger partial charge in [-0.15, -0.1) is 0 Å². The van der Waals surface area contributed by atoms with E-state index in [2.05, 4.69) is 24.5 Å². The summed E-state index contributed by atoms with van der Waals surface area (Å²) >= 11 is 0. The van der Waals surface area contributed by atoms with E-state index in [9.17, 15) is 14.4 Å². The van der Waals surface area contributed by atoms with Crippen LogP contribution >= 0.6 is 0 Å². The Morgan fingerprint density at radius 2 is 1.22 bits per heavy atom. The van der Waals surface area contributed by atoms with Gasteiger partial charge in [-0.2, -0.15) is 0 Å². The van der Waals surface area contributed by atoms with Crippen LogP contribution < -0.4 is 21.1 Å². The number of rotatable bonds is 29. The van der Waals surface area contributed by atoms with Crippen molar-refractivity contribution in [3.8, 4) is 16.9 Å². The number of carboxylic acids is 1. The number of unbranched alkanes of at least 4 members (excludes halogenated alkanes) is 14. The van der Waals surface area contributed by atoms with Crippen LogP contribution in [0.25, 0.3) is 11.1 Å². The van der Waals surface area contributed by atoms with E-state index in [0.717, 1.165) is 66.5 Å². The lowest BCUT2D eigenvalue weighted by molar-refractivity contribution is -0.138. The Morgan fingerprint density at radius 1 is 0.694 bits per heavy atom. The van der Waals surface area contributed by atoms with Crippen molar-refractivity contribution in [2.45, 2.75) is 148 Å². The Bertz CT molecular complexity index is 1200. The summed E-state index contributed by atoms with van der Waals surface area (Å²) in [7, 11) is 0. The number of carboxylic acid groups (broad SMARTS) is 1. The molecule has 0 aliphatic rings. The van der Waals surface area contributed by atoms with E-state index in [-0.39, 0.29) is 11.8 Å². The summed E-state index contributed by atoms with van der Waals surface area (Å²) in [5.74, 6) is -0.0749. The Morgan fingerprint density at radius 3 is 1.78 bits per heavy atom. The quantitative estimate of drug-likeness (QED) is 0.0638. The molecule has 0 bridgehead atoms. The van der Waals surface area contributed by atoms with Crippen molar-refractivity contribution in [3.05, 3.63) is 53.6 Å². The number of carbonyl (C=O) groups excluding carboxylic acids is 2. The summed E-state index contributed by atoms with van der Waals surface area (Å²) < 4.78 is 5.91. The molecule has 2 rings (SSSR count). The molecule has 49 heavy (non-hydrogen) atoms. The first-order valence-corrected chi connectivity index (χ1v) is 19.2. The van der Waals surface area contributed by atoms with E-state index in [0.29, 0.717) is 39.0 Å². The summed E-state index contributed by atoms with van der Waals surface area (Å²) in [5.41, 5.74) is 9.85. The Labute approximate surface area is 296 Å². The van der Waals surface area contributed by atoms with Crippen molar-refractivity contribution >= 4 is 17.8 Å². The molecule has 0 unspecified atom stereocenters. The van der Waals surface area contributed by atoms with E-state index in [1.807, 2.05) is 42.5 Å². The normalized spacial score (nSPS) is 11.7. The Balaban J connectivity index is 1.47. The number of aryl methyl sites for hydroxylation is 1. The zero-order chi connectivity index (χ0) is 35.5. The smallest absolute Gasteiger partial charge is 0.320 e. The molecule has 8 heteroatoms. The number of nitrogens with two attached hydrogens (primary N) is 1. The van der Waals surface area contributed by atoms with Crippen LogP contribution in [-0.2, 0) is 27.2 Å². The van der Waals surface area contributed by atoms with Crippen molar-refractivity contribution in [2.24, 2.45) is 5.73 Å². The number of nitrogens with one attached hydrogen (secondary N) is 2. The molecule has 274 valence electrons. The highest BCUT2D eigenvalue weighted by Gasteiger charge is 2.13. The molecule has 0 aliphatic heterocycles. The molecule has 2 amide bonds. The van der Waals surface area contributed by atoms with Gasteiger partial charge in [-0.25, -0.2) is 0 Å². The third-order valence-corrected chi connectivity index (χ3v) is 9.10. The largest absolute Gasteiger partial charge is 0.492 e. The lowest BCUT2D eigenvalue weighted by Crippen LogP contribution is -2.32. The predicted molar refractivity (Wildman–Crippen MR) is 201 cm³/mol. The molecule has 0 saturated heterocycles. The van der Waals surface area contributed by atoms with E-state index in [1.54, 1.807) is 0 Å². The Kier molecular flexibility index (Phi) is 22.6. The topological polar surface area (TPSA) is 131 Å². The van der Waals surface area contributed by atoms with E-state index in [4.69, 9.17) is 15.6 Å². The zero-order valence-corrected chi connectivity index (χ0v) is 30.5. The fourth-order valence-electron chi connectivity index (χ4n) is 6.05. The molecule has 0 fully saturated rings. The van der Waals surface area contributed by atoms with Gasteiger partial charge in [0, 0.05) is 19.4 Å². The van der Waals surface area contributed by atoms with Crippen LogP contribution in [0.5, 0.6) is 5.75 Å². The van der Waals surface area contributed by atoms with Gasteiger partial charge in [0.2, 0.25) is 11.8 Å². The van der Waals surface area contributed by atoms with Crippen molar-refractivity contribution in [1.82, 2.24) is 10.6 Å². The van der Waals surface area contributed by atoms with Crippen LogP contribution in [0, 0.1) is 0 Å². The maximum absolute atomic E-state index is 12.2. The second-order valence-electron chi connectivity index (χ2n) is 13.4. The number of ether oxygens (including phenoxy) is 1. The minimum absolute atomic E-state index is 0.0207. The van der Waals surface area contributed by atoms with Crippen molar-refractivity contribution < 1.29 is 24.2 Å². The molecule has 2 aromatic carbocycles. The maximum atomic E-state index is 12.2. The molecular formula is C41H65N3O5. The first-order chi connectivity index (χ1) is 23.8. The molecule has 0 aliphatic carbocycles. The minimum Gasteiger partial charge on any atom is -0.492 e. The van der Waals surface area contributed by atoms with E-state index in [1.165, 1.54) is 70.6 Å². The van der Waals surface area contributed by atoms with Crippen LogP contribution in [0.3, 0.4) is 0 Å². The number of amides is 2. The summed E-state index contributed by atoms with van der Waals surface area (Å²) in [6.07, 6.45) is 21.8. The van der Waals surface area contributed by atoms with Gasteiger partial charge in [0.15, 0.2) is 0 Å². The SMILES string of the molecule is CCCCCCCCCCCCCCCC(=O)NCCCCCC(=O)NCCOc1ccc(-c2ccc(C[C@H](N)C(=O)O)cc2)c(CC)c1. The monoisotopic (exact) mass is 679 g/mol. The van der Waals surface area contributed by atoms with Gasteiger partial charge in [0.1, 0.15) is 18.4 Å². The highest BCUT2D eigenvalue weighted by molar-refractivity contribution is 5.76. The van der Waals surface area contributed by atoms with Crippen LogP contribution in [-0.4, -0.2) is 48.6 Å². The molecule has 0 saturated carbocycles. The summed E-state index contributed by atoms with van der Waals surface area (Å²) in [5, 5.41) is 15.0. The molecule has 0 spiro atoms. The van der Waals surface area contributed by atoms with Gasteiger partial charge in [-0.3, -0.25) is 14.4 Å². The van der Waals surface area contributed by atoms with E-state index < -0.39 is 12.0 Å². The van der Waals surface area contributed by atoms with E-state index >= 15 is 0 Å². The third-order valence-electron chi connectivity index (χ3n) is 9.10. The summed E-state index contributed by atoms with van der Waals surface area (Å²) in [6.45, 7) is 5.87. The fourth-order valence-corrected chi connectivity index (χ4v) is 6.05. The first kappa shape index (κ1) is 41.8.